The van der Waals surface area contributed by atoms with Crippen LogP contribution >= 0.6 is 0 Å². The molecule has 0 heteroatoms. The number of rotatable bonds is 0. The molecule has 2 rings (SSSR count). The summed E-state index contributed by atoms with van der Waals surface area (Å²) in [6.45, 7) is 2.44. The molecule has 0 heterocycles. The topological polar surface area (TPSA) is 0 Å². The van der Waals surface area contributed by atoms with Crippen molar-refractivity contribution in [3.8, 4) is 0 Å². The first kappa shape index (κ1) is 7.15. The molecule has 0 radical (unpaired) electrons. The molecule has 60 valence electrons. The first-order valence-electron chi connectivity index (χ1n) is 4.63. The molecule has 11 heavy (non-hydrogen) atoms. The Morgan fingerprint density at radius 2 is 2.18 bits per heavy atom. The summed E-state index contributed by atoms with van der Waals surface area (Å²) in [5.74, 6) is 0.834. The van der Waals surface area contributed by atoms with Gasteiger partial charge in [0.25, 0.3) is 0 Å². The molecule has 0 saturated heterocycles. The maximum Gasteiger partial charge on any atom is -0.0142 e. The third-order valence-electron chi connectivity index (χ3n) is 3.29. The van der Waals surface area contributed by atoms with E-state index in [-0.39, 0.29) is 0 Å². The first-order chi connectivity index (χ1) is 5.31. The molecule has 0 N–H and O–H groups in total. The summed E-state index contributed by atoms with van der Waals surface area (Å²) in [5, 5.41) is 0. The molecule has 2 aliphatic carbocycles. The van der Waals surface area contributed by atoms with E-state index in [1.54, 1.807) is 0 Å². The van der Waals surface area contributed by atoms with Crippen molar-refractivity contribution in [3.05, 3.63) is 24.3 Å². The van der Waals surface area contributed by atoms with Crippen molar-refractivity contribution in [1.29, 1.82) is 0 Å². The van der Waals surface area contributed by atoms with E-state index in [2.05, 4.69) is 31.2 Å². The largest absolute Gasteiger partial charge is 0.0882 e. The molecule has 0 aromatic heterocycles. The summed E-state index contributed by atoms with van der Waals surface area (Å²) >= 11 is 0. The second-order valence-electron chi connectivity index (χ2n) is 4.14. The normalized spacial score (nSPS) is 42.1. The number of hydrogen-bond donors (Lipinski definition) is 0. The van der Waals surface area contributed by atoms with Gasteiger partial charge in [-0.2, -0.15) is 0 Å². The van der Waals surface area contributed by atoms with Crippen LogP contribution in [-0.4, -0.2) is 0 Å². The Kier molecular flexibility index (Phi) is 1.63. The Hall–Kier alpha value is -0.520. The van der Waals surface area contributed by atoms with Crippen molar-refractivity contribution < 1.29 is 0 Å². The Morgan fingerprint density at radius 1 is 1.27 bits per heavy atom. The molecule has 0 spiro atoms. The maximum absolute atomic E-state index is 2.44. The molecule has 2 aliphatic rings. The molecule has 0 amide bonds. The zero-order chi connectivity index (χ0) is 7.73. The van der Waals surface area contributed by atoms with E-state index in [9.17, 15) is 0 Å². The molecule has 0 bridgehead atoms. The summed E-state index contributed by atoms with van der Waals surface area (Å²) in [7, 11) is 0. The van der Waals surface area contributed by atoms with E-state index in [0.717, 1.165) is 5.92 Å². The van der Waals surface area contributed by atoms with Gasteiger partial charge in [-0.05, 0) is 37.0 Å². The average molecular weight is 148 g/mol. The Balaban J connectivity index is 2.24. The van der Waals surface area contributed by atoms with Gasteiger partial charge in [0.15, 0.2) is 0 Å². The third-order valence-corrected chi connectivity index (χ3v) is 3.29. The highest BCUT2D eigenvalue weighted by molar-refractivity contribution is 5.10. The van der Waals surface area contributed by atoms with Crippen LogP contribution < -0.4 is 0 Å². The van der Waals surface area contributed by atoms with Gasteiger partial charge in [-0.3, -0.25) is 0 Å². The van der Waals surface area contributed by atoms with Gasteiger partial charge in [0.2, 0.25) is 0 Å². The van der Waals surface area contributed by atoms with Crippen LogP contribution in [0.4, 0.5) is 0 Å². The Bertz CT molecular complexity index is 200. The van der Waals surface area contributed by atoms with Crippen LogP contribution in [0, 0.1) is 11.3 Å². The zero-order valence-electron chi connectivity index (χ0n) is 7.22. The molecule has 0 aromatic carbocycles. The standard InChI is InChI=1S/C11H16/c1-11-8-4-2-6-10(11)7-3-5-9-11/h2-4,7,10H,5-6,8-9H2,1H3. The molecule has 0 aliphatic heterocycles. The molecule has 0 aromatic rings. The maximum atomic E-state index is 2.44. The van der Waals surface area contributed by atoms with E-state index in [1.807, 2.05) is 0 Å². The molecular formula is C11H16. The third kappa shape index (κ3) is 1.15. The lowest BCUT2D eigenvalue weighted by molar-refractivity contribution is 0.193. The molecule has 0 saturated carbocycles. The minimum Gasteiger partial charge on any atom is -0.0882 e. The minimum atomic E-state index is 0.601. The average Bonchev–Trinajstić information content (AvgIpc) is 2.03. The lowest BCUT2D eigenvalue weighted by atomic mass is 9.65. The summed E-state index contributed by atoms with van der Waals surface area (Å²) in [6.07, 6.45) is 14.7. The second-order valence-corrected chi connectivity index (χ2v) is 4.14. The number of hydrogen-bond acceptors (Lipinski definition) is 0. The van der Waals surface area contributed by atoms with Gasteiger partial charge in [-0.15, -0.1) is 0 Å². The van der Waals surface area contributed by atoms with Gasteiger partial charge in [0, 0.05) is 0 Å². The fraction of sp³-hybridized carbons (Fsp3) is 0.636. The Morgan fingerprint density at radius 3 is 3.00 bits per heavy atom. The summed E-state index contributed by atoms with van der Waals surface area (Å²) in [5.41, 5.74) is 0.601. The van der Waals surface area contributed by atoms with Crippen LogP contribution in [0.2, 0.25) is 0 Å². The predicted octanol–water partition coefficient (Wildman–Crippen LogP) is 3.31. The Labute approximate surface area is 69.0 Å². The van der Waals surface area contributed by atoms with E-state index >= 15 is 0 Å². The van der Waals surface area contributed by atoms with Crippen molar-refractivity contribution in [3.63, 3.8) is 0 Å². The van der Waals surface area contributed by atoms with Gasteiger partial charge < -0.3 is 0 Å². The van der Waals surface area contributed by atoms with E-state index in [0.29, 0.717) is 5.41 Å². The van der Waals surface area contributed by atoms with Crippen LogP contribution in [0.3, 0.4) is 0 Å². The van der Waals surface area contributed by atoms with Crippen LogP contribution in [0.15, 0.2) is 24.3 Å². The fourth-order valence-corrected chi connectivity index (χ4v) is 2.30. The monoisotopic (exact) mass is 148 g/mol. The van der Waals surface area contributed by atoms with Crippen molar-refractivity contribution in [2.24, 2.45) is 11.3 Å². The SMILES string of the molecule is CC12CC=CCC1C=CCC2. The quantitative estimate of drug-likeness (QED) is 0.462. The van der Waals surface area contributed by atoms with Crippen LogP contribution in [-0.2, 0) is 0 Å². The van der Waals surface area contributed by atoms with E-state index < -0.39 is 0 Å². The zero-order valence-corrected chi connectivity index (χ0v) is 7.22. The molecule has 0 nitrogen and oxygen atoms in total. The van der Waals surface area contributed by atoms with E-state index in [1.165, 1.54) is 25.7 Å². The second kappa shape index (κ2) is 2.51. The van der Waals surface area contributed by atoms with E-state index in [4.69, 9.17) is 0 Å². The van der Waals surface area contributed by atoms with Gasteiger partial charge in [0.05, 0.1) is 0 Å². The first-order valence-corrected chi connectivity index (χ1v) is 4.63. The summed E-state index contributed by atoms with van der Waals surface area (Å²) in [4.78, 5) is 0. The molecule has 0 fully saturated rings. The van der Waals surface area contributed by atoms with Crippen molar-refractivity contribution >= 4 is 0 Å². The highest BCUT2D eigenvalue weighted by atomic mass is 14.4. The molecular weight excluding hydrogens is 132 g/mol. The highest BCUT2D eigenvalue weighted by Gasteiger charge is 2.33. The fourth-order valence-electron chi connectivity index (χ4n) is 2.30. The van der Waals surface area contributed by atoms with Crippen molar-refractivity contribution in [2.75, 3.05) is 0 Å². The van der Waals surface area contributed by atoms with Crippen molar-refractivity contribution in [1.82, 2.24) is 0 Å². The summed E-state index contributed by atoms with van der Waals surface area (Å²) < 4.78 is 0. The van der Waals surface area contributed by atoms with Crippen molar-refractivity contribution in [2.45, 2.75) is 32.6 Å². The number of allylic oxidation sites excluding steroid dienone is 4. The number of fused-ring (bicyclic) bond motifs is 1. The van der Waals surface area contributed by atoms with Gasteiger partial charge in [0.1, 0.15) is 0 Å². The van der Waals surface area contributed by atoms with Gasteiger partial charge >= 0.3 is 0 Å². The van der Waals surface area contributed by atoms with Crippen LogP contribution in [0.25, 0.3) is 0 Å². The highest BCUT2D eigenvalue weighted by Crippen LogP contribution is 2.44. The van der Waals surface area contributed by atoms with Crippen LogP contribution in [0.5, 0.6) is 0 Å². The van der Waals surface area contributed by atoms with Gasteiger partial charge in [-0.25, -0.2) is 0 Å². The minimum absolute atomic E-state index is 0.601. The summed E-state index contributed by atoms with van der Waals surface area (Å²) in [6, 6.07) is 0. The predicted molar refractivity (Wildman–Crippen MR) is 48.3 cm³/mol. The molecule has 2 atom stereocenters. The lowest BCUT2D eigenvalue weighted by Gasteiger charge is -2.39. The lowest BCUT2D eigenvalue weighted by Crippen LogP contribution is -2.29. The van der Waals surface area contributed by atoms with Gasteiger partial charge in [-0.1, -0.05) is 31.2 Å². The smallest absolute Gasteiger partial charge is 0.0142 e. The van der Waals surface area contributed by atoms with Crippen LogP contribution in [0.1, 0.15) is 32.6 Å². The molecule has 2 unspecified atom stereocenters.